The number of likely N-dealkylation sites (N-methyl/N-ethyl adjacent to an activating group) is 1. The second-order valence-electron chi connectivity index (χ2n) is 3.78. The number of aromatic nitrogens is 1. The lowest BCUT2D eigenvalue weighted by atomic mass is 9.95. The van der Waals surface area contributed by atoms with E-state index in [2.05, 4.69) is 22.4 Å². The van der Waals surface area contributed by atoms with Crippen LogP contribution in [0.3, 0.4) is 0 Å². The maximum absolute atomic E-state index is 4.05. The second kappa shape index (κ2) is 3.88. The van der Waals surface area contributed by atoms with Gasteiger partial charge in [0.25, 0.3) is 0 Å². The molecule has 1 heterocycles. The van der Waals surface area contributed by atoms with Crippen LogP contribution in [0.5, 0.6) is 0 Å². The zero-order valence-electron chi connectivity index (χ0n) is 8.03. The van der Waals surface area contributed by atoms with E-state index >= 15 is 0 Å². The van der Waals surface area contributed by atoms with Gasteiger partial charge in [0, 0.05) is 18.9 Å². The lowest BCUT2D eigenvalue weighted by Gasteiger charge is -2.15. The molecule has 1 aliphatic carbocycles. The molecule has 1 N–H and O–H groups in total. The van der Waals surface area contributed by atoms with E-state index in [1.807, 2.05) is 19.4 Å². The Morgan fingerprint density at radius 1 is 1.46 bits per heavy atom. The molecule has 1 aromatic rings. The van der Waals surface area contributed by atoms with Crippen molar-refractivity contribution in [3.8, 4) is 0 Å². The van der Waals surface area contributed by atoms with Gasteiger partial charge in [-0.2, -0.15) is 0 Å². The van der Waals surface area contributed by atoms with Crippen molar-refractivity contribution in [1.82, 2.24) is 10.3 Å². The first-order chi connectivity index (χ1) is 6.42. The molecule has 1 aliphatic rings. The van der Waals surface area contributed by atoms with Crippen LogP contribution in [0, 0.1) is 5.92 Å². The zero-order chi connectivity index (χ0) is 9.10. The molecular weight excluding hydrogens is 160 g/mol. The fourth-order valence-electron chi connectivity index (χ4n) is 1.89. The summed E-state index contributed by atoms with van der Waals surface area (Å²) in [4.78, 5) is 4.05. The first kappa shape index (κ1) is 8.70. The summed E-state index contributed by atoms with van der Waals surface area (Å²) < 4.78 is 0. The van der Waals surface area contributed by atoms with Gasteiger partial charge in [0.2, 0.25) is 0 Å². The highest BCUT2D eigenvalue weighted by atomic mass is 14.8. The van der Waals surface area contributed by atoms with Crippen LogP contribution in [-0.4, -0.2) is 18.6 Å². The predicted molar refractivity (Wildman–Crippen MR) is 53.6 cm³/mol. The van der Waals surface area contributed by atoms with Crippen molar-refractivity contribution in [3.63, 3.8) is 0 Å². The lowest BCUT2D eigenvalue weighted by Crippen LogP contribution is -2.18. The Morgan fingerprint density at radius 2 is 2.15 bits per heavy atom. The third kappa shape index (κ3) is 2.07. The van der Waals surface area contributed by atoms with Crippen molar-refractivity contribution in [2.75, 3.05) is 13.6 Å². The molecule has 70 valence electrons. The van der Waals surface area contributed by atoms with Crippen LogP contribution >= 0.6 is 0 Å². The number of hydrogen-bond acceptors (Lipinski definition) is 2. The molecule has 1 fully saturated rings. The summed E-state index contributed by atoms with van der Waals surface area (Å²) in [5.41, 5.74) is 1.44. The SMILES string of the molecule is CNCC(c1ccncc1)C1CC1. The van der Waals surface area contributed by atoms with Crippen molar-refractivity contribution in [2.45, 2.75) is 18.8 Å². The van der Waals surface area contributed by atoms with Gasteiger partial charge in [0.05, 0.1) is 0 Å². The minimum atomic E-state index is 0.702. The molecule has 0 radical (unpaired) electrons. The van der Waals surface area contributed by atoms with Crippen molar-refractivity contribution in [1.29, 1.82) is 0 Å². The Bertz CT molecular complexity index is 254. The maximum atomic E-state index is 4.05. The Balaban J connectivity index is 2.10. The van der Waals surface area contributed by atoms with E-state index in [0.717, 1.165) is 12.5 Å². The molecule has 2 heteroatoms. The van der Waals surface area contributed by atoms with Crippen LogP contribution in [0.25, 0.3) is 0 Å². The highest BCUT2D eigenvalue weighted by Crippen LogP contribution is 2.41. The van der Waals surface area contributed by atoms with Crippen molar-refractivity contribution in [2.24, 2.45) is 5.92 Å². The largest absolute Gasteiger partial charge is 0.319 e. The summed E-state index contributed by atoms with van der Waals surface area (Å²) in [6.45, 7) is 1.09. The summed E-state index contributed by atoms with van der Waals surface area (Å²) in [7, 11) is 2.02. The Kier molecular flexibility index (Phi) is 2.60. The van der Waals surface area contributed by atoms with E-state index < -0.39 is 0 Å². The van der Waals surface area contributed by atoms with Crippen LogP contribution in [0.1, 0.15) is 24.3 Å². The fraction of sp³-hybridized carbons (Fsp3) is 0.545. The second-order valence-corrected chi connectivity index (χ2v) is 3.78. The topological polar surface area (TPSA) is 24.9 Å². The minimum Gasteiger partial charge on any atom is -0.319 e. The van der Waals surface area contributed by atoms with E-state index in [1.165, 1.54) is 18.4 Å². The molecule has 0 spiro atoms. The molecule has 1 saturated carbocycles. The first-order valence-corrected chi connectivity index (χ1v) is 4.96. The summed E-state index contributed by atoms with van der Waals surface area (Å²) >= 11 is 0. The summed E-state index contributed by atoms with van der Waals surface area (Å²) in [5.74, 6) is 1.61. The Hall–Kier alpha value is -0.890. The van der Waals surface area contributed by atoms with E-state index in [-0.39, 0.29) is 0 Å². The first-order valence-electron chi connectivity index (χ1n) is 4.96. The van der Waals surface area contributed by atoms with Crippen LogP contribution in [0.4, 0.5) is 0 Å². The molecule has 13 heavy (non-hydrogen) atoms. The number of nitrogens with zero attached hydrogens (tertiary/aromatic N) is 1. The normalized spacial score (nSPS) is 18.5. The van der Waals surface area contributed by atoms with Gasteiger partial charge in [-0.05, 0) is 49.4 Å². The Morgan fingerprint density at radius 3 is 2.69 bits per heavy atom. The number of pyridine rings is 1. The summed E-state index contributed by atoms with van der Waals surface area (Å²) in [5, 5.41) is 3.27. The molecule has 0 aliphatic heterocycles. The van der Waals surface area contributed by atoms with Gasteiger partial charge in [-0.1, -0.05) is 0 Å². The van der Waals surface area contributed by atoms with E-state index in [4.69, 9.17) is 0 Å². The molecule has 1 unspecified atom stereocenters. The van der Waals surface area contributed by atoms with Gasteiger partial charge in [-0.15, -0.1) is 0 Å². The lowest BCUT2D eigenvalue weighted by molar-refractivity contribution is 0.566. The van der Waals surface area contributed by atoms with Gasteiger partial charge in [0.15, 0.2) is 0 Å². The van der Waals surface area contributed by atoms with Gasteiger partial charge in [-0.25, -0.2) is 0 Å². The van der Waals surface area contributed by atoms with E-state index in [0.29, 0.717) is 5.92 Å². The highest BCUT2D eigenvalue weighted by molar-refractivity contribution is 5.19. The van der Waals surface area contributed by atoms with Crippen LogP contribution < -0.4 is 5.32 Å². The van der Waals surface area contributed by atoms with Crippen molar-refractivity contribution in [3.05, 3.63) is 30.1 Å². The standard InChI is InChI=1S/C11H16N2/c1-12-8-11(9-2-3-9)10-4-6-13-7-5-10/h4-7,9,11-12H,2-3,8H2,1H3. The molecule has 0 saturated heterocycles. The van der Waals surface area contributed by atoms with Crippen LogP contribution in [0.15, 0.2) is 24.5 Å². The average Bonchev–Trinajstić information content (AvgIpc) is 2.99. The van der Waals surface area contributed by atoms with Gasteiger partial charge < -0.3 is 5.32 Å². The molecule has 2 rings (SSSR count). The Labute approximate surface area is 79.4 Å². The predicted octanol–water partition coefficient (Wildman–Crippen LogP) is 1.79. The zero-order valence-corrected chi connectivity index (χ0v) is 8.03. The molecule has 0 bridgehead atoms. The smallest absolute Gasteiger partial charge is 0.0270 e. The van der Waals surface area contributed by atoms with Gasteiger partial charge in [0.1, 0.15) is 0 Å². The fourth-order valence-corrected chi connectivity index (χ4v) is 1.89. The number of hydrogen-bond donors (Lipinski definition) is 1. The number of nitrogens with one attached hydrogen (secondary N) is 1. The van der Waals surface area contributed by atoms with E-state index in [1.54, 1.807) is 0 Å². The quantitative estimate of drug-likeness (QED) is 0.756. The van der Waals surface area contributed by atoms with Gasteiger partial charge >= 0.3 is 0 Å². The minimum absolute atomic E-state index is 0.702. The average molecular weight is 176 g/mol. The van der Waals surface area contributed by atoms with Crippen molar-refractivity contribution < 1.29 is 0 Å². The number of rotatable bonds is 4. The maximum Gasteiger partial charge on any atom is 0.0270 e. The van der Waals surface area contributed by atoms with Crippen LogP contribution in [0.2, 0.25) is 0 Å². The van der Waals surface area contributed by atoms with Crippen LogP contribution in [-0.2, 0) is 0 Å². The highest BCUT2D eigenvalue weighted by Gasteiger charge is 2.31. The van der Waals surface area contributed by atoms with Gasteiger partial charge in [-0.3, -0.25) is 4.98 Å². The molecule has 0 amide bonds. The molecule has 2 nitrogen and oxygen atoms in total. The molecule has 1 aromatic heterocycles. The van der Waals surface area contributed by atoms with E-state index in [9.17, 15) is 0 Å². The molecule has 1 atom stereocenters. The third-order valence-electron chi connectivity index (χ3n) is 2.75. The molecular formula is C11H16N2. The van der Waals surface area contributed by atoms with Crippen molar-refractivity contribution >= 4 is 0 Å². The monoisotopic (exact) mass is 176 g/mol. The summed E-state index contributed by atoms with van der Waals surface area (Å²) in [6, 6.07) is 4.28. The summed E-state index contributed by atoms with van der Waals surface area (Å²) in [6.07, 6.45) is 6.57. The molecule has 0 aromatic carbocycles. The third-order valence-corrected chi connectivity index (χ3v) is 2.75.